The van der Waals surface area contributed by atoms with Crippen molar-refractivity contribution in [2.45, 2.75) is 6.54 Å². The molecule has 3 aromatic heterocycles. The van der Waals surface area contributed by atoms with E-state index in [4.69, 9.17) is 5.73 Å². The highest BCUT2D eigenvalue weighted by Crippen LogP contribution is 2.22. The minimum absolute atomic E-state index is 0.153. The molecule has 9 heteroatoms. The van der Waals surface area contributed by atoms with Crippen LogP contribution in [0.3, 0.4) is 0 Å². The molecule has 0 saturated carbocycles. The molecule has 0 aliphatic rings. The molecule has 3 heterocycles. The Bertz CT molecular complexity index is 1170. The van der Waals surface area contributed by atoms with Crippen LogP contribution in [0.2, 0.25) is 0 Å². The molecular formula is C22H24N8O. The van der Waals surface area contributed by atoms with Crippen LogP contribution in [-0.2, 0) is 6.54 Å². The van der Waals surface area contributed by atoms with Crippen LogP contribution in [0.4, 0.5) is 5.82 Å². The third-order valence-electron chi connectivity index (χ3n) is 4.91. The summed E-state index contributed by atoms with van der Waals surface area (Å²) in [4.78, 5) is 30.0. The highest BCUT2D eigenvalue weighted by molar-refractivity contribution is 6.04. The lowest BCUT2D eigenvalue weighted by molar-refractivity contribution is 0.0734. The Morgan fingerprint density at radius 3 is 2.61 bits per heavy atom. The number of aromatic nitrogens is 5. The van der Waals surface area contributed by atoms with Crippen molar-refractivity contribution in [1.29, 1.82) is 0 Å². The molecule has 0 radical (unpaired) electrons. The molecule has 0 atom stereocenters. The van der Waals surface area contributed by atoms with Gasteiger partial charge in [-0.15, -0.1) is 5.10 Å². The van der Waals surface area contributed by atoms with Gasteiger partial charge in [-0.3, -0.25) is 4.79 Å². The van der Waals surface area contributed by atoms with Crippen LogP contribution < -0.4 is 5.73 Å². The average molecular weight is 416 g/mol. The summed E-state index contributed by atoms with van der Waals surface area (Å²) in [5, 5.41) is 4.34. The fourth-order valence-corrected chi connectivity index (χ4v) is 3.29. The van der Waals surface area contributed by atoms with Crippen LogP contribution >= 0.6 is 0 Å². The molecule has 0 saturated heterocycles. The molecule has 4 rings (SSSR count). The minimum atomic E-state index is -0.194. The lowest BCUT2D eigenvalue weighted by Crippen LogP contribution is -2.36. The first-order chi connectivity index (χ1) is 15.0. The normalized spacial score (nSPS) is 11.2. The first kappa shape index (κ1) is 20.4. The van der Waals surface area contributed by atoms with E-state index >= 15 is 0 Å². The number of nitrogens with two attached hydrogens (primary N) is 1. The van der Waals surface area contributed by atoms with E-state index in [1.54, 1.807) is 29.6 Å². The van der Waals surface area contributed by atoms with Crippen molar-refractivity contribution < 1.29 is 4.79 Å². The Kier molecular flexibility index (Phi) is 5.85. The van der Waals surface area contributed by atoms with Crippen LogP contribution in [0.5, 0.6) is 0 Å². The highest BCUT2D eigenvalue weighted by atomic mass is 16.2. The second-order valence-corrected chi connectivity index (χ2v) is 7.48. The maximum atomic E-state index is 13.5. The van der Waals surface area contributed by atoms with Gasteiger partial charge in [0.1, 0.15) is 11.9 Å². The lowest BCUT2D eigenvalue weighted by atomic mass is 10.2. The van der Waals surface area contributed by atoms with E-state index in [0.717, 1.165) is 17.7 Å². The molecule has 0 fully saturated rings. The number of amides is 1. The van der Waals surface area contributed by atoms with Crippen LogP contribution in [-0.4, -0.2) is 67.5 Å². The lowest BCUT2D eigenvalue weighted by Gasteiger charge is -2.24. The number of fused-ring (bicyclic) bond motifs is 1. The van der Waals surface area contributed by atoms with Crippen LogP contribution in [0.25, 0.3) is 16.9 Å². The number of carbonyl (C=O) groups excluding carboxylic acids is 1. The zero-order chi connectivity index (χ0) is 21.8. The molecular weight excluding hydrogens is 392 g/mol. The zero-order valence-corrected chi connectivity index (χ0v) is 17.5. The van der Waals surface area contributed by atoms with E-state index in [0.29, 0.717) is 30.0 Å². The summed E-state index contributed by atoms with van der Waals surface area (Å²) in [6.07, 6.45) is 6.55. The molecule has 0 spiro atoms. The summed E-state index contributed by atoms with van der Waals surface area (Å²) < 4.78 is 1.53. The summed E-state index contributed by atoms with van der Waals surface area (Å²) >= 11 is 0. The molecule has 158 valence electrons. The van der Waals surface area contributed by atoms with Gasteiger partial charge in [-0.2, -0.15) is 0 Å². The van der Waals surface area contributed by atoms with Crippen molar-refractivity contribution in [1.82, 2.24) is 34.4 Å². The first-order valence-electron chi connectivity index (χ1n) is 9.91. The maximum absolute atomic E-state index is 13.5. The average Bonchev–Trinajstić information content (AvgIpc) is 3.12. The van der Waals surface area contributed by atoms with Gasteiger partial charge in [-0.25, -0.2) is 19.5 Å². The molecule has 2 N–H and O–H groups in total. The number of rotatable bonds is 7. The van der Waals surface area contributed by atoms with Gasteiger partial charge in [0, 0.05) is 43.8 Å². The van der Waals surface area contributed by atoms with Crippen molar-refractivity contribution in [3.05, 3.63) is 72.4 Å². The number of likely N-dealkylation sites (N-methyl/N-ethyl adjacent to an activating group) is 1. The Morgan fingerprint density at radius 2 is 1.90 bits per heavy atom. The summed E-state index contributed by atoms with van der Waals surface area (Å²) in [6, 6.07) is 11.7. The third kappa shape index (κ3) is 4.51. The summed E-state index contributed by atoms with van der Waals surface area (Å²) in [6.45, 7) is 1.75. The van der Waals surface area contributed by atoms with E-state index in [1.165, 1.54) is 10.8 Å². The Morgan fingerprint density at radius 1 is 1.10 bits per heavy atom. The van der Waals surface area contributed by atoms with Gasteiger partial charge in [0.2, 0.25) is 0 Å². The van der Waals surface area contributed by atoms with Gasteiger partial charge in [-0.05, 0) is 25.7 Å². The zero-order valence-electron chi connectivity index (χ0n) is 17.5. The van der Waals surface area contributed by atoms with Crippen LogP contribution in [0.15, 0.2) is 61.3 Å². The van der Waals surface area contributed by atoms with Gasteiger partial charge in [0.25, 0.3) is 5.91 Å². The van der Waals surface area contributed by atoms with E-state index in [9.17, 15) is 4.79 Å². The van der Waals surface area contributed by atoms with Crippen molar-refractivity contribution in [3.8, 4) is 11.3 Å². The molecule has 31 heavy (non-hydrogen) atoms. The number of nitrogen functional groups attached to an aromatic ring is 1. The van der Waals surface area contributed by atoms with Gasteiger partial charge in [-0.1, -0.05) is 30.3 Å². The van der Waals surface area contributed by atoms with Gasteiger partial charge in [0.15, 0.2) is 11.5 Å². The molecule has 0 aliphatic carbocycles. The van der Waals surface area contributed by atoms with Crippen molar-refractivity contribution >= 4 is 17.4 Å². The summed E-state index contributed by atoms with van der Waals surface area (Å²) in [7, 11) is 3.95. The highest BCUT2D eigenvalue weighted by Gasteiger charge is 2.25. The number of anilines is 1. The van der Waals surface area contributed by atoms with E-state index in [1.807, 2.05) is 49.3 Å². The fraction of sp³-hybridized carbons (Fsp3) is 0.227. The van der Waals surface area contributed by atoms with Crippen molar-refractivity contribution in [2.75, 3.05) is 32.9 Å². The quantitative estimate of drug-likeness (QED) is 0.491. The Hall–Kier alpha value is -3.85. The van der Waals surface area contributed by atoms with Gasteiger partial charge in [0.05, 0.1) is 5.69 Å². The van der Waals surface area contributed by atoms with E-state index in [2.05, 4.69) is 20.1 Å². The molecule has 0 bridgehead atoms. The Labute approximate surface area is 180 Å². The minimum Gasteiger partial charge on any atom is -0.381 e. The second kappa shape index (κ2) is 8.88. The van der Waals surface area contributed by atoms with Crippen LogP contribution in [0, 0.1) is 0 Å². The summed E-state index contributed by atoms with van der Waals surface area (Å²) in [5.74, 6) is -0.0410. The molecule has 0 aliphatic heterocycles. The Balaban J connectivity index is 1.68. The van der Waals surface area contributed by atoms with Crippen molar-refractivity contribution in [2.24, 2.45) is 0 Å². The monoisotopic (exact) mass is 416 g/mol. The largest absolute Gasteiger partial charge is 0.381 e. The third-order valence-corrected chi connectivity index (χ3v) is 4.91. The van der Waals surface area contributed by atoms with Gasteiger partial charge < -0.3 is 15.5 Å². The summed E-state index contributed by atoms with van der Waals surface area (Å²) in [5.41, 5.74) is 9.41. The number of hydrogen-bond acceptors (Lipinski definition) is 7. The maximum Gasteiger partial charge on any atom is 0.261 e. The number of carbonyl (C=O) groups is 1. The fourth-order valence-electron chi connectivity index (χ4n) is 3.29. The first-order valence-corrected chi connectivity index (χ1v) is 9.91. The molecule has 9 nitrogen and oxygen atoms in total. The second-order valence-electron chi connectivity index (χ2n) is 7.48. The van der Waals surface area contributed by atoms with Gasteiger partial charge >= 0.3 is 0 Å². The SMILES string of the molecule is CN(C)CCN(Cc1ccccc1)C(=O)c1c(N)nn2cc(-c3ccncn3)cnc12. The number of nitrogens with zero attached hydrogens (tertiary/aromatic N) is 7. The molecule has 1 aromatic carbocycles. The van der Waals surface area contributed by atoms with Crippen molar-refractivity contribution in [3.63, 3.8) is 0 Å². The number of benzene rings is 1. The standard InChI is InChI=1S/C22H24N8O/c1-28(2)10-11-29(13-16-6-4-3-5-7-16)22(31)19-20(23)27-30-14-17(12-25-21(19)30)18-8-9-24-15-26-18/h3-9,12,14-15H,10-11,13H2,1-2H3,(H2,23,27). The van der Waals surface area contributed by atoms with E-state index in [-0.39, 0.29) is 11.7 Å². The predicted octanol–water partition coefficient (Wildman–Crippen LogP) is 1.97. The molecule has 1 amide bonds. The van der Waals surface area contributed by atoms with E-state index < -0.39 is 0 Å². The number of hydrogen-bond donors (Lipinski definition) is 1. The molecule has 4 aromatic rings. The molecule has 0 unspecified atom stereocenters. The smallest absolute Gasteiger partial charge is 0.261 e. The van der Waals surface area contributed by atoms with Crippen LogP contribution in [0.1, 0.15) is 15.9 Å². The predicted molar refractivity (Wildman–Crippen MR) is 118 cm³/mol. The topological polar surface area (TPSA) is 106 Å².